The first-order valence-corrected chi connectivity index (χ1v) is 8.79. The number of aromatic hydroxyl groups is 2. The minimum Gasteiger partial charge on any atom is -0.507 e. The van der Waals surface area contributed by atoms with E-state index in [1.807, 2.05) is 0 Å². The molecule has 0 aliphatic carbocycles. The Balaban J connectivity index is 2.01. The number of nitrogens with one attached hydrogen (secondary N) is 2. The van der Waals surface area contributed by atoms with E-state index >= 15 is 0 Å². The zero-order valence-electron chi connectivity index (χ0n) is 16.4. The largest absolute Gasteiger partial charge is 0.507 e. The monoisotopic (exact) mass is 426 g/mol. The lowest BCUT2D eigenvalue weighted by Gasteiger charge is -2.14. The van der Waals surface area contributed by atoms with Crippen LogP contribution in [-0.2, 0) is 0 Å². The number of aromatic amines is 1. The van der Waals surface area contributed by atoms with Crippen molar-refractivity contribution in [2.45, 2.75) is 0 Å². The third-order valence-electron chi connectivity index (χ3n) is 4.26. The van der Waals surface area contributed by atoms with Gasteiger partial charge in [0, 0.05) is 6.07 Å². The average molecular weight is 426 g/mol. The third kappa shape index (κ3) is 4.24. The Kier molecular flexibility index (Phi) is 6.05. The van der Waals surface area contributed by atoms with Crippen molar-refractivity contribution in [3.05, 3.63) is 74.4 Å². The summed E-state index contributed by atoms with van der Waals surface area (Å²) < 4.78 is 11.2. The molecule has 1 aromatic heterocycles. The van der Waals surface area contributed by atoms with Crippen molar-refractivity contribution in [3.63, 3.8) is 0 Å². The van der Waals surface area contributed by atoms with Crippen LogP contribution >= 0.6 is 0 Å². The van der Waals surface area contributed by atoms with Crippen LogP contribution in [0.3, 0.4) is 0 Å². The molecule has 0 saturated heterocycles. The number of benzene rings is 2. The van der Waals surface area contributed by atoms with Gasteiger partial charge >= 0.3 is 5.69 Å². The summed E-state index contributed by atoms with van der Waals surface area (Å²) in [5.74, 6) is -1.14. The van der Waals surface area contributed by atoms with Gasteiger partial charge in [-0.25, -0.2) is 14.8 Å². The number of hydrogen-bond acceptors (Lipinski definition) is 8. The van der Waals surface area contributed by atoms with E-state index in [2.05, 4.69) is 15.5 Å². The predicted octanol–water partition coefficient (Wildman–Crippen LogP) is 0.718. The molecule has 3 aromatic rings. The molecule has 0 aliphatic heterocycles. The fraction of sp³-hybridized carbons (Fsp3) is 0.100. The van der Waals surface area contributed by atoms with E-state index in [-0.39, 0.29) is 22.7 Å². The van der Waals surface area contributed by atoms with Crippen molar-refractivity contribution in [3.8, 4) is 28.8 Å². The molecule has 2 aromatic carbocycles. The second-order valence-corrected chi connectivity index (χ2v) is 6.09. The fourth-order valence-corrected chi connectivity index (χ4v) is 2.73. The summed E-state index contributed by atoms with van der Waals surface area (Å²) in [6.45, 7) is 0. The highest BCUT2D eigenvalue weighted by Crippen LogP contribution is 2.29. The molecule has 31 heavy (non-hydrogen) atoms. The number of H-pyrrole nitrogens is 1. The van der Waals surface area contributed by atoms with Crippen LogP contribution in [0, 0.1) is 0 Å². The molecular weight excluding hydrogens is 408 g/mol. The van der Waals surface area contributed by atoms with E-state index < -0.39 is 28.6 Å². The molecule has 3 rings (SSSR count). The zero-order valence-corrected chi connectivity index (χ0v) is 16.4. The van der Waals surface area contributed by atoms with Crippen molar-refractivity contribution >= 4 is 12.1 Å². The molecular formula is C20H18N4O7. The van der Waals surface area contributed by atoms with Gasteiger partial charge in [0.05, 0.1) is 31.7 Å². The van der Waals surface area contributed by atoms with E-state index in [9.17, 15) is 24.6 Å². The van der Waals surface area contributed by atoms with Gasteiger partial charge in [0.15, 0.2) is 0 Å². The van der Waals surface area contributed by atoms with E-state index in [1.54, 1.807) is 18.2 Å². The molecule has 0 spiro atoms. The summed E-state index contributed by atoms with van der Waals surface area (Å²) in [7, 11) is 2.79. The Morgan fingerprint density at radius 2 is 1.87 bits per heavy atom. The number of hydrogen-bond donors (Lipinski definition) is 4. The highest BCUT2D eigenvalue weighted by Gasteiger charge is 2.18. The molecule has 11 nitrogen and oxygen atoms in total. The summed E-state index contributed by atoms with van der Waals surface area (Å²) >= 11 is 0. The molecule has 1 amide bonds. The number of aromatic nitrogens is 2. The quantitative estimate of drug-likeness (QED) is 0.334. The summed E-state index contributed by atoms with van der Waals surface area (Å²) in [6, 6.07) is 10.3. The van der Waals surface area contributed by atoms with Crippen molar-refractivity contribution in [2.75, 3.05) is 14.2 Å². The van der Waals surface area contributed by atoms with Crippen LogP contribution in [0.15, 0.2) is 57.2 Å². The first-order valence-electron chi connectivity index (χ1n) is 8.79. The number of carbonyl (C=O) groups is 1. The molecule has 0 fully saturated rings. The number of hydrazone groups is 1. The number of nitrogens with zero attached hydrogens (tertiary/aromatic N) is 2. The lowest BCUT2D eigenvalue weighted by molar-refractivity contribution is 0.0952. The SMILES string of the molecule is COc1ccc(OC)c(-n2c(O)c(C=NNC(=O)c3ccccc3O)c(=O)[nH]c2=O)c1. The maximum Gasteiger partial charge on any atom is 0.335 e. The zero-order chi connectivity index (χ0) is 22.5. The molecule has 11 heteroatoms. The number of methoxy groups -OCH3 is 2. The molecule has 0 aliphatic rings. The van der Waals surface area contributed by atoms with Crippen LogP contribution in [0.1, 0.15) is 15.9 Å². The first-order chi connectivity index (χ1) is 14.9. The number of phenols is 1. The van der Waals surface area contributed by atoms with Crippen molar-refractivity contribution < 1.29 is 24.5 Å². The number of ether oxygens (including phenoxy) is 2. The Labute approximate surface area is 174 Å². The van der Waals surface area contributed by atoms with E-state index in [0.29, 0.717) is 5.75 Å². The molecule has 0 bridgehead atoms. The third-order valence-corrected chi connectivity index (χ3v) is 4.26. The normalized spacial score (nSPS) is 10.8. The molecule has 1 heterocycles. The van der Waals surface area contributed by atoms with Gasteiger partial charge in [0.1, 0.15) is 22.8 Å². The van der Waals surface area contributed by atoms with Gasteiger partial charge in [0.2, 0.25) is 5.88 Å². The lowest BCUT2D eigenvalue weighted by atomic mass is 10.2. The number of phenolic OH excluding ortho intramolecular Hbond substituents is 1. The van der Waals surface area contributed by atoms with Gasteiger partial charge < -0.3 is 19.7 Å². The topological polar surface area (TPSA) is 155 Å². The van der Waals surface area contributed by atoms with Crippen molar-refractivity contribution in [2.24, 2.45) is 5.10 Å². The summed E-state index contributed by atoms with van der Waals surface area (Å²) in [4.78, 5) is 38.8. The molecule has 4 N–H and O–H groups in total. The Bertz CT molecular complexity index is 1280. The van der Waals surface area contributed by atoms with E-state index in [0.717, 1.165) is 10.8 Å². The molecule has 0 atom stereocenters. The Morgan fingerprint density at radius 3 is 2.55 bits per heavy atom. The van der Waals surface area contributed by atoms with Crippen LogP contribution in [0.2, 0.25) is 0 Å². The van der Waals surface area contributed by atoms with Gasteiger partial charge in [-0.2, -0.15) is 5.10 Å². The predicted molar refractivity (Wildman–Crippen MR) is 111 cm³/mol. The fourth-order valence-electron chi connectivity index (χ4n) is 2.73. The minimum absolute atomic E-state index is 0.0381. The maximum absolute atomic E-state index is 12.4. The van der Waals surface area contributed by atoms with Crippen LogP contribution < -0.4 is 26.1 Å². The molecule has 160 valence electrons. The maximum atomic E-state index is 12.4. The van der Waals surface area contributed by atoms with Crippen molar-refractivity contribution in [1.82, 2.24) is 15.0 Å². The highest BCUT2D eigenvalue weighted by molar-refractivity contribution is 5.97. The molecule has 0 saturated carbocycles. The molecule has 0 unspecified atom stereocenters. The Morgan fingerprint density at radius 1 is 1.13 bits per heavy atom. The summed E-state index contributed by atoms with van der Waals surface area (Å²) in [6.07, 6.45) is 0.870. The number of rotatable bonds is 6. The summed E-state index contributed by atoms with van der Waals surface area (Å²) in [5, 5.41) is 24.0. The van der Waals surface area contributed by atoms with Crippen LogP contribution in [0.5, 0.6) is 23.1 Å². The first kappa shape index (κ1) is 21.2. The number of carbonyl (C=O) groups excluding carboxylic acids is 1. The smallest absolute Gasteiger partial charge is 0.335 e. The van der Waals surface area contributed by atoms with E-state index in [1.165, 1.54) is 38.5 Å². The number of amides is 1. The van der Waals surface area contributed by atoms with Gasteiger partial charge in [-0.1, -0.05) is 12.1 Å². The van der Waals surface area contributed by atoms with Gasteiger partial charge in [-0.05, 0) is 24.3 Å². The average Bonchev–Trinajstić information content (AvgIpc) is 2.75. The number of para-hydroxylation sites is 1. The lowest BCUT2D eigenvalue weighted by Crippen LogP contribution is -2.32. The second-order valence-electron chi connectivity index (χ2n) is 6.09. The van der Waals surface area contributed by atoms with Gasteiger partial charge in [-0.3, -0.25) is 14.6 Å². The van der Waals surface area contributed by atoms with Crippen molar-refractivity contribution in [1.29, 1.82) is 0 Å². The van der Waals surface area contributed by atoms with Crippen LogP contribution in [0.4, 0.5) is 0 Å². The Hall–Kier alpha value is -4.54. The van der Waals surface area contributed by atoms with Crippen LogP contribution in [0.25, 0.3) is 5.69 Å². The second kappa shape index (κ2) is 8.86. The summed E-state index contributed by atoms with van der Waals surface area (Å²) in [5.41, 5.74) is -0.0579. The highest BCUT2D eigenvalue weighted by atomic mass is 16.5. The van der Waals surface area contributed by atoms with E-state index in [4.69, 9.17) is 9.47 Å². The van der Waals surface area contributed by atoms with Gasteiger partial charge in [0.25, 0.3) is 11.5 Å². The standard InChI is InChI=1S/C20H18N4O7/c1-30-11-7-8-16(31-2)14(9-11)24-19(28)13(17(26)22-20(24)29)10-21-23-18(27)12-5-3-4-6-15(12)25/h3-10,25,28H,1-2H3,(H,23,27)(H,22,26,29). The minimum atomic E-state index is -0.929. The molecule has 0 radical (unpaired) electrons. The van der Waals surface area contributed by atoms with Crippen LogP contribution in [-0.4, -0.2) is 46.1 Å². The van der Waals surface area contributed by atoms with Gasteiger partial charge in [-0.15, -0.1) is 0 Å².